The molecule has 0 radical (unpaired) electrons. The smallest absolute Gasteiger partial charge is 0.0728 e. The highest BCUT2D eigenvalue weighted by Crippen LogP contribution is 2.35. The van der Waals surface area contributed by atoms with Gasteiger partial charge in [-0.05, 0) is 32.6 Å². The van der Waals surface area contributed by atoms with Crippen LogP contribution in [0.1, 0.15) is 47.5 Å². The number of hydrogen-bond acceptors (Lipinski definition) is 3. The first-order valence-corrected chi connectivity index (χ1v) is 7.60. The van der Waals surface area contributed by atoms with E-state index in [1.807, 2.05) is 0 Å². The van der Waals surface area contributed by atoms with Crippen LogP contribution in [0.2, 0.25) is 0 Å². The van der Waals surface area contributed by atoms with Crippen LogP contribution < -0.4 is 5.32 Å². The molecule has 18 heavy (non-hydrogen) atoms. The van der Waals surface area contributed by atoms with E-state index in [0.29, 0.717) is 24.1 Å². The fourth-order valence-corrected chi connectivity index (χ4v) is 3.46. The highest BCUT2D eigenvalue weighted by atomic mass is 16.5. The molecule has 0 aromatic carbocycles. The highest BCUT2D eigenvalue weighted by molar-refractivity contribution is 5.02. The number of rotatable bonds is 3. The van der Waals surface area contributed by atoms with Crippen LogP contribution in [0.5, 0.6) is 0 Å². The van der Waals surface area contributed by atoms with Crippen LogP contribution in [0.25, 0.3) is 0 Å². The summed E-state index contributed by atoms with van der Waals surface area (Å²) >= 11 is 0. The number of nitrogens with zero attached hydrogens (tertiary/aromatic N) is 1. The van der Waals surface area contributed by atoms with Gasteiger partial charge in [-0.1, -0.05) is 20.8 Å². The van der Waals surface area contributed by atoms with E-state index in [2.05, 4.69) is 44.8 Å². The topological polar surface area (TPSA) is 24.5 Å². The average molecular weight is 254 g/mol. The van der Waals surface area contributed by atoms with Crippen molar-refractivity contribution < 1.29 is 4.74 Å². The van der Waals surface area contributed by atoms with Crippen molar-refractivity contribution in [3.8, 4) is 0 Å². The molecule has 2 aliphatic rings. The van der Waals surface area contributed by atoms with Crippen molar-refractivity contribution in [2.75, 3.05) is 19.7 Å². The van der Waals surface area contributed by atoms with E-state index in [-0.39, 0.29) is 5.54 Å². The molecular weight excluding hydrogens is 224 g/mol. The molecule has 4 unspecified atom stereocenters. The molecule has 0 bridgehead atoms. The Kier molecular flexibility index (Phi) is 4.35. The Morgan fingerprint density at radius 1 is 1.44 bits per heavy atom. The van der Waals surface area contributed by atoms with Gasteiger partial charge < -0.3 is 10.1 Å². The molecule has 1 N–H and O–H groups in total. The van der Waals surface area contributed by atoms with Gasteiger partial charge in [-0.25, -0.2) is 0 Å². The Balaban J connectivity index is 2.15. The van der Waals surface area contributed by atoms with E-state index in [1.165, 1.54) is 19.4 Å². The predicted molar refractivity (Wildman–Crippen MR) is 75.8 cm³/mol. The first-order valence-electron chi connectivity index (χ1n) is 7.60. The van der Waals surface area contributed by atoms with Crippen molar-refractivity contribution in [1.82, 2.24) is 10.2 Å². The van der Waals surface area contributed by atoms with Crippen molar-refractivity contribution in [3.63, 3.8) is 0 Å². The van der Waals surface area contributed by atoms with E-state index in [1.54, 1.807) is 0 Å². The zero-order valence-electron chi connectivity index (χ0n) is 12.7. The largest absolute Gasteiger partial charge is 0.377 e. The molecule has 3 heteroatoms. The van der Waals surface area contributed by atoms with Gasteiger partial charge in [-0.15, -0.1) is 0 Å². The molecule has 2 aliphatic heterocycles. The van der Waals surface area contributed by atoms with Gasteiger partial charge in [0, 0.05) is 37.3 Å². The maximum Gasteiger partial charge on any atom is 0.0728 e. The lowest BCUT2D eigenvalue weighted by atomic mass is 9.86. The summed E-state index contributed by atoms with van der Waals surface area (Å²) in [6.45, 7) is 14.8. The minimum Gasteiger partial charge on any atom is -0.377 e. The maximum absolute atomic E-state index is 5.85. The number of hydrogen-bond donors (Lipinski definition) is 1. The Morgan fingerprint density at radius 3 is 2.67 bits per heavy atom. The summed E-state index contributed by atoms with van der Waals surface area (Å²) < 4.78 is 5.85. The standard InChI is InChI=1S/C15H30N2O/c1-6-13-9-16-14(11(2)3)10-17(13)15(5)7-8-18-12(15)4/h11-14,16H,6-10H2,1-5H3. The van der Waals surface area contributed by atoms with Gasteiger partial charge in [0.2, 0.25) is 0 Å². The average Bonchev–Trinajstić information content (AvgIpc) is 2.70. The van der Waals surface area contributed by atoms with E-state index < -0.39 is 0 Å². The summed E-state index contributed by atoms with van der Waals surface area (Å²) in [5, 5.41) is 3.72. The SMILES string of the molecule is CCC1CNC(C(C)C)CN1C1(C)CCOC1C. The van der Waals surface area contributed by atoms with Crippen LogP contribution in [0, 0.1) is 5.92 Å². The summed E-state index contributed by atoms with van der Waals surface area (Å²) in [6.07, 6.45) is 2.76. The number of piperazine rings is 1. The predicted octanol–water partition coefficient (Wildman–Crippen LogP) is 2.26. The second-order valence-corrected chi connectivity index (χ2v) is 6.59. The summed E-state index contributed by atoms with van der Waals surface area (Å²) in [7, 11) is 0. The molecule has 0 spiro atoms. The molecule has 106 valence electrons. The third-order valence-electron chi connectivity index (χ3n) is 5.23. The van der Waals surface area contributed by atoms with Crippen LogP contribution in [0.4, 0.5) is 0 Å². The van der Waals surface area contributed by atoms with Crippen LogP contribution in [-0.2, 0) is 4.74 Å². The monoisotopic (exact) mass is 254 g/mol. The van der Waals surface area contributed by atoms with Crippen molar-refractivity contribution in [3.05, 3.63) is 0 Å². The van der Waals surface area contributed by atoms with Gasteiger partial charge in [0.15, 0.2) is 0 Å². The molecule has 2 fully saturated rings. The zero-order valence-corrected chi connectivity index (χ0v) is 12.7. The lowest BCUT2D eigenvalue weighted by Crippen LogP contribution is -2.66. The van der Waals surface area contributed by atoms with Gasteiger partial charge in [-0.3, -0.25) is 4.90 Å². The molecule has 2 heterocycles. The zero-order chi connectivity index (χ0) is 13.3. The van der Waals surface area contributed by atoms with Gasteiger partial charge in [0.25, 0.3) is 0 Å². The van der Waals surface area contributed by atoms with E-state index in [9.17, 15) is 0 Å². The molecular formula is C15H30N2O. The molecule has 4 atom stereocenters. The Morgan fingerprint density at radius 2 is 2.17 bits per heavy atom. The molecule has 2 rings (SSSR count). The van der Waals surface area contributed by atoms with Crippen molar-refractivity contribution in [1.29, 1.82) is 0 Å². The summed E-state index contributed by atoms with van der Waals surface area (Å²) in [6, 6.07) is 1.28. The van der Waals surface area contributed by atoms with Crippen LogP contribution in [0.15, 0.2) is 0 Å². The van der Waals surface area contributed by atoms with Gasteiger partial charge in [0.05, 0.1) is 6.10 Å². The van der Waals surface area contributed by atoms with Crippen LogP contribution in [-0.4, -0.2) is 48.3 Å². The molecule has 0 saturated carbocycles. The van der Waals surface area contributed by atoms with Crippen molar-refractivity contribution >= 4 is 0 Å². The first-order chi connectivity index (χ1) is 8.49. The minimum absolute atomic E-state index is 0.232. The third kappa shape index (κ3) is 2.45. The molecule has 0 aromatic rings. The normalized spacial score (nSPS) is 42.7. The summed E-state index contributed by atoms with van der Waals surface area (Å²) in [5.41, 5.74) is 0.232. The van der Waals surface area contributed by atoms with Gasteiger partial charge in [0.1, 0.15) is 0 Å². The van der Waals surface area contributed by atoms with Gasteiger partial charge >= 0.3 is 0 Å². The molecule has 3 nitrogen and oxygen atoms in total. The molecule has 0 amide bonds. The van der Waals surface area contributed by atoms with Crippen molar-refractivity contribution in [2.45, 2.75) is 71.2 Å². The molecule has 0 aliphatic carbocycles. The lowest BCUT2D eigenvalue weighted by Gasteiger charge is -2.50. The van der Waals surface area contributed by atoms with Crippen LogP contribution >= 0.6 is 0 Å². The second kappa shape index (κ2) is 5.48. The third-order valence-corrected chi connectivity index (χ3v) is 5.23. The summed E-state index contributed by atoms with van der Waals surface area (Å²) in [5.74, 6) is 0.700. The minimum atomic E-state index is 0.232. The summed E-state index contributed by atoms with van der Waals surface area (Å²) in [4.78, 5) is 2.74. The van der Waals surface area contributed by atoms with Crippen molar-refractivity contribution in [2.24, 2.45) is 5.92 Å². The highest BCUT2D eigenvalue weighted by Gasteiger charge is 2.46. The fourth-order valence-electron chi connectivity index (χ4n) is 3.46. The van der Waals surface area contributed by atoms with E-state index >= 15 is 0 Å². The Bertz CT molecular complexity index is 282. The fraction of sp³-hybridized carbons (Fsp3) is 1.00. The molecule has 0 aromatic heterocycles. The first kappa shape index (κ1) is 14.3. The maximum atomic E-state index is 5.85. The Hall–Kier alpha value is -0.120. The van der Waals surface area contributed by atoms with E-state index in [4.69, 9.17) is 4.74 Å². The van der Waals surface area contributed by atoms with Crippen LogP contribution in [0.3, 0.4) is 0 Å². The second-order valence-electron chi connectivity index (χ2n) is 6.59. The Labute approximate surface area is 112 Å². The number of ether oxygens (including phenoxy) is 1. The number of nitrogens with one attached hydrogen (secondary N) is 1. The molecule has 2 saturated heterocycles. The lowest BCUT2D eigenvalue weighted by molar-refractivity contribution is -0.0301. The van der Waals surface area contributed by atoms with Gasteiger partial charge in [-0.2, -0.15) is 0 Å². The van der Waals surface area contributed by atoms with E-state index in [0.717, 1.165) is 13.2 Å². The quantitative estimate of drug-likeness (QED) is 0.836.